The Morgan fingerprint density at radius 3 is 2.94 bits per heavy atom. The smallest absolute Gasteiger partial charge is 0.324 e. The fraction of sp³-hybridized carbons (Fsp3) is 0.545. The molecule has 1 unspecified atom stereocenters. The molecular formula is C11H14N2O4S. The average molecular weight is 270 g/mol. The van der Waals surface area contributed by atoms with E-state index in [9.17, 15) is 20.0 Å². The molecule has 1 aromatic rings. The van der Waals surface area contributed by atoms with Gasteiger partial charge in [-0.2, -0.15) is 0 Å². The van der Waals surface area contributed by atoms with E-state index < -0.39 is 16.4 Å². The van der Waals surface area contributed by atoms with Crippen molar-refractivity contribution in [2.75, 3.05) is 6.54 Å². The minimum absolute atomic E-state index is 0.0984. The first-order valence-electron chi connectivity index (χ1n) is 5.65. The molecule has 1 atom stereocenters. The van der Waals surface area contributed by atoms with E-state index in [1.165, 1.54) is 6.07 Å². The third kappa shape index (κ3) is 2.23. The molecule has 6 nitrogen and oxygen atoms in total. The van der Waals surface area contributed by atoms with Gasteiger partial charge in [0.05, 0.1) is 4.92 Å². The van der Waals surface area contributed by atoms with Crippen LogP contribution in [0.4, 0.5) is 5.00 Å². The summed E-state index contributed by atoms with van der Waals surface area (Å²) in [6.45, 7) is 2.89. The zero-order chi connectivity index (χ0) is 13.3. The standard InChI is InChI=1S/C11H14N2O4S/c1-11(10(14)15)5-2-6-12(11)7-8-3-4-9(18-8)13(16)17/h3-4H,2,5-7H2,1H3,(H,14,15). The van der Waals surface area contributed by atoms with E-state index in [0.717, 1.165) is 22.6 Å². The molecule has 1 saturated heterocycles. The van der Waals surface area contributed by atoms with Gasteiger partial charge in [0.1, 0.15) is 5.54 Å². The molecule has 2 heterocycles. The summed E-state index contributed by atoms with van der Waals surface area (Å²) < 4.78 is 0. The van der Waals surface area contributed by atoms with Gasteiger partial charge in [0.2, 0.25) is 0 Å². The van der Waals surface area contributed by atoms with Gasteiger partial charge in [-0.3, -0.25) is 19.8 Å². The van der Waals surface area contributed by atoms with Crippen molar-refractivity contribution in [3.8, 4) is 0 Å². The quantitative estimate of drug-likeness (QED) is 0.669. The van der Waals surface area contributed by atoms with E-state index in [-0.39, 0.29) is 5.00 Å². The Bertz CT molecular complexity index is 487. The summed E-state index contributed by atoms with van der Waals surface area (Å²) in [6, 6.07) is 3.16. The lowest BCUT2D eigenvalue weighted by molar-refractivity contribution is -0.380. The molecule has 0 aromatic carbocycles. The topological polar surface area (TPSA) is 83.7 Å². The number of nitro groups is 1. The van der Waals surface area contributed by atoms with Gasteiger partial charge in [-0.25, -0.2) is 0 Å². The van der Waals surface area contributed by atoms with E-state index in [4.69, 9.17) is 0 Å². The van der Waals surface area contributed by atoms with E-state index in [1.807, 2.05) is 4.90 Å². The Labute approximate surface area is 108 Å². The number of rotatable bonds is 4. The van der Waals surface area contributed by atoms with Gasteiger partial charge in [-0.15, -0.1) is 0 Å². The van der Waals surface area contributed by atoms with Crippen LogP contribution in [0.1, 0.15) is 24.6 Å². The molecule has 0 radical (unpaired) electrons. The summed E-state index contributed by atoms with van der Waals surface area (Å²) in [5.41, 5.74) is -0.848. The minimum atomic E-state index is -0.848. The number of aliphatic carboxylic acids is 1. The third-order valence-electron chi connectivity index (χ3n) is 3.42. The van der Waals surface area contributed by atoms with Crippen LogP contribution in [0.3, 0.4) is 0 Å². The van der Waals surface area contributed by atoms with Gasteiger partial charge in [-0.05, 0) is 32.4 Å². The van der Waals surface area contributed by atoms with E-state index in [2.05, 4.69) is 0 Å². The molecule has 7 heteroatoms. The van der Waals surface area contributed by atoms with Crippen LogP contribution in [0.25, 0.3) is 0 Å². The number of hydrogen-bond donors (Lipinski definition) is 1. The Kier molecular flexibility index (Phi) is 3.36. The molecule has 0 saturated carbocycles. The number of hydrogen-bond acceptors (Lipinski definition) is 5. The van der Waals surface area contributed by atoms with Crippen molar-refractivity contribution in [2.45, 2.75) is 31.8 Å². The molecule has 0 bridgehead atoms. The number of likely N-dealkylation sites (tertiary alicyclic amines) is 1. The summed E-state index contributed by atoms with van der Waals surface area (Å²) in [4.78, 5) is 24.2. The van der Waals surface area contributed by atoms with Gasteiger partial charge in [0.25, 0.3) is 0 Å². The van der Waals surface area contributed by atoms with Crippen molar-refractivity contribution in [3.63, 3.8) is 0 Å². The molecule has 0 aliphatic carbocycles. The predicted molar refractivity (Wildman–Crippen MR) is 66.7 cm³/mol. The van der Waals surface area contributed by atoms with Crippen molar-refractivity contribution >= 4 is 22.3 Å². The highest BCUT2D eigenvalue weighted by Crippen LogP contribution is 2.33. The monoisotopic (exact) mass is 270 g/mol. The van der Waals surface area contributed by atoms with Crippen LogP contribution < -0.4 is 0 Å². The first kappa shape index (κ1) is 13.0. The lowest BCUT2D eigenvalue weighted by Crippen LogP contribution is -2.47. The number of carboxylic acid groups (broad SMARTS) is 1. The number of thiophene rings is 1. The first-order chi connectivity index (χ1) is 8.43. The summed E-state index contributed by atoms with van der Waals surface area (Å²) in [7, 11) is 0. The molecule has 18 heavy (non-hydrogen) atoms. The van der Waals surface area contributed by atoms with Crippen molar-refractivity contribution in [2.24, 2.45) is 0 Å². The van der Waals surface area contributed by atoms with Gasteiger partial charge in [-0.1, -0.05) is 11.3 Å². The summed E-state index contributed by atoms with van der Waals surface area (Å²) >= 11 is 1.11. The van der Waals surface area contributed by atoms with Crippen molar-refractivity contribution in [1.82, 2.24) is 4.90 Å². The van der Waals surface area contributed by atoms with Crippen LogP contribution in [0.2, 0.25) is 0 Å². The highest BCUT2D eigenvalue weighted by Gasteiger charge is 2.43. The lowest BCUT2D eigenvalue weighted by atomic mass is 9.99. The van der Waals surface area contributed by atoms with E-state index in [0.29, 0.717) is 19.5 Å². The molecule has 1 aliphatic rings. The summed E-state index contributed by atoms with van der Waals surface area (Å²) in [5.74, 6) is -0.828. The van der Waals surface area contributed by atoms with E-state index >= 15 is 0 Å². The molecule has 1 fully saturated rings. The molecule has 1 aromatic heterocycles. The largest absolute Gasteiger partial charge is 0.480 e. The molecule has 1 aliphatic heterocycles. The predicted octanol–water partition coefficient (Wildman–Crippen LogP) is 2.10. The fourth-order valence-corrected chi connectivity index (χ4v) is 3.09. The maximum atomic E-state index is 11.3. The molecular weight excluding hydrogens is 256 g/mol. The van der Waals surface area contributed by atoms with Crippen molar-refractivity contribution in [1.29, 1.82) is 0 Å². The van der Waals surface area contributed by atoms with Crippen molar-refractivity contribution in [3.05, 3.63) is 27.1 Å². The van der Waals surface area contributed by atoms with Crippen LogP contribution in [-0.4, -0.2) is 33.0 Å². The van der Waals surface area contributed by atoms with Crippen LogP contribution in [0.15, 0.2) is 12.1 Å². The zero-order valence-corrected chi connectivity index (χ0v) is 10.8. The second kappa shape index (κ2) is 4.66. The van der Waals surface area contributed by atoms with Crippen LogP contribution in [0, 0.1) is 10.1 Å². The second-order valence-electron chi connectivity index (χ2n) is 4.60. The van der Waals surface area contributed by atoms with Crippen molar-refractivity contribution < 1.29 is 14.8 Å². The zero-order valence-electron chi connectivity index (χ0n) is 9.96. The summed E-state index contributed by atoms with van der Waals surface area (Å²) in [5, 5.41) is 20.0. The molecule has 0 amide bonds. The Morgan fingerprint density at radius 2 is 2.39 bits per heavy atom. The minimum Gasteiger partial charge on any atom is -0.480 e. The number of carbonyl (C=O) groups is 1. The van der Waals surface area contributed by atoms with Gasteiger partial charge < -0.3 is 5.11 Å². The first-order valence-corrected chi connectivity index (χ1v) is 6.47. The molecule has 1 N–H and O–H groups in total. The van der Waals surface area contributed by atoms with Crippen LogP contribution >= 0.6 is 11.3 Å². The lowest BCUT2D eigenvalue weighted by Gasteiger charge is -2.30. The van der Waals surface area contributed by atoms with Crippen LogP contribution in [0.5, 0.6) is 0 Å². The summed E-state index contributed by atoms with van der Waals surface area (Å²) in [6.07, 6.45) is 1.46. The van der Waals surface area contributed by atoms with E-state index in [1.54, 1.807) is 13.0 Å². The van der Waals surface area contributed by atoms with Gasteiger partial charge in [0, 0.05) is 17.5 Å². The maximum Gasteiger partial charge on any atom is 0.324 e. The Hall–Kier alpha value is -1.47. The molecule has 98 valence electrons. The number of carboxylic acids is 1. The molecule has 2 rings (SSSR count). The Morgan fingerprint density at radius 1 is 1.67 bits per heavy atom. The molecule has 0 spiro atoms. The second-order valence-corrected chi connectivity index (χ2v) is 5.75. The van der Waals surface area contributed by atoms with Gasteiger partial charge >= 0.3 is 11.0 Å². The highest BCUT2D eigenvalue weighted by atomic mass is 32.1. The highest BCUT2D eigenvalue weighted by molar-refractivity contribution is 7.15. The SMILES string of the molecule is CC1(C(=O)O)CCCN1Cc1ccc([N+](=O)[O-])s1. The number of nitrogens with zero attached hydrogens (tertiary/aromatic N) is 2. The van der Waals surface area contributed by atoms with Crippen LogP contribution in [-0.2, 0) is 11.3 Å². The third-order valence-corrected chi connectivity index (χ3v) is 4.45. The Balaban J connectivity index is 2.13. The normalized spacial score (nSPS) is 24.3. The average Bonchev–Trinajstić information content (AvgIpc) is 2.88. The maximum absolute atomic E-state index is 11.3. The fourth-order valence-electron chi connectivity index (χ4n) is 2.25. The van der Waals surface area contributed by atoms with Gasteiger partial charge in [0.15, 0.2) is 0 Å².